The molecule has 1 nitrogen and oxygen atoms in total. The van der Waals surface area contributed by atoms with Gasteiger partial charge in [-0.2, -0.15) is 0 Å². The second-order valence-corrected chi connectivity index (χ2v) is 1.83. The predicted molar refractivity (Wildman–Crippen MR) is 40.0 cm³/mol. The Morgan fingerprint density at radius 1 is 1.33 bits per heavy atom. The third-order valence-corrected chi connectivity index (χ3v) is 1.06. The Hall–Kier alpha value is -1.03. The van der Waals surface area contributed by atoms with E-state index < -0.39 is 0 Å². The van der Waals surface area contributed by atoms with E-state index in [1.807, 2.05) is 0 Å². The van der Waals surface area contributed by atoms with Crippen LogP contribution in [0.3, 0.4) is 0 Å². The minimum absolute atomic E-state index is 0.0694. The molecule has 0 aromatic rings. The van der Waals surface area contributed by atoms with E-state index >= 15 is 0 Å². The molecule has 0 amide bonds. The molecule has 0 N–H and O–H groups in total. The topological polar surface area (TPSA) is 4.36 Å². The summed E-state index contributed by atoms with van der Waals surface area (Å²) in [6.45, 7) is 13.8. The molecule has 0 heterocycles. The Balaban J connectivity index is 3.56. The van der Waals surface area contributed by atoms with Crippen molar-refractivity contribution in [3.05, 3.63) is 36.7 Å². The molecule has 0 aromatic carbocycles. The Morgan fingerprint density at radius 3 is 2.00 bits per heavy atom. The quantitative estimate of drug-likeness (QED) is 0.397. The van der Waals surface area contributed by atoms with Crippen LogP contribution in [-0.2, 0) is 0 Å². The molecule has 0 saturated heterocycles. The van der Waals surface area contributed by atoms with Gasteiger partial charge in [0.05, 0.1) is 0 Å². The third-order valence-electron chi connectivity index (χ3n) is 1.06. The second kappa shape index (κ2) is 5.11. The van der Waals surface area contributed by atoms with Gasteiger partial charge in [0, 0.05) is 12.8 Å². The molecular weight excluding hydrogens is 110 g/mol. The van der Waals surface area contributed by atoms with Crippen molar-refractivity contribution in [1.29, 1.82) is 0 Å². The standard InChI is InChI=1S/C8H11N/c1-4-6-8(9-3)7-5-2/h4-5,8H,1-2,6-7H2. The van der Waals surface area contributed by atoms with Crippen LogP contribution in [-0.4, -0.2) is 6.04 Å². The zero-order valence-corrected chi connectivity index (χ0v) is 5.51. The summed E-state index contributed by atoms with van der Waals surface area (Å²) in [6, 6.07) is 0.0694. The second-order valence-electron chi connectivity index (χ2n) is 1.83. The lowest BCUT2D eigenvalue weighted by Crippen LogP contribution is -1.96. The molecule has 0 aliphatic carbocycles. The van der Waals surface area contributed by atoms with Gasteiger partial charge in [0.25, 0.3) is 0 Å². The average molecular weight is 121 g/mol. The van der Waals surface area contributed by atoms with Crippen molar-refractivity contribution in [3.63, 3.8) is 0 Å². The van der Waals surface area contributed by atoms with E-state index in [4.69, 9.17) is 6.57 Å². The first-order chi connectivity index (χ1) is 4.35. The number of nitrogens with zero attached hydrogens (tertiary/aromatic N) is 1. The van der Waals surface area contributed by atoms with Crippen LogP contribution in [0.15, 0.2) is 25.3 Å². The number of rotatable bonds is 4. The maximum absolute atomic E-state index is 6.70. The van der Waals surface area contributed by atoms with E-state index in [1.165, 1.54) is 0 Å². The lowest BCUT2D eigenvalue weighted by molar-refractivity contribution is 0.797. The molecule has 0 fully saturated rings. The molecule has 0 saturated carbocycles. The van der Waals surface area contributed by atoms with Gasteiger partial charge >= 0.3 is 0 Å². The largest absolute Gasteiger partial charge is 0.313 e. The van der Waals surface area contributed by atoms with Gasteiger partial charge in [0.15, 0.2) is 0 Å². The van der Waals surface area contributed by atoms with Crippen LogP contribution in [0.1, 0.15) is 12.8 Å². The molecule has 0 unspecified atom stereocenters. The average Bonchev–Trinajstić information content (AvgIpc) is 1.88. The van der Waals surface area contributed by atoms with Crippen molar-refractivity contribution in [2.75, 3.05) is 0 Å². The summed E-state index contributed by atoms with van der Waals surface area (Å²) in [6.07, 6.45) is 5.09. The van der Waals surface area contributed by atoms with Crippen molar-refractivity contribution >= 4 is 0 Å². The summed E-state index contributed by atoms with van der Waals surface area (Å²) >= 11 is 0. The van der Waals surface area contributed by atoms with E-state index in [1.54, 1.807) is 12.2 Å². The van der Waals surface area contributed by atoms with E-state index in [0.29, 0.717) is 0 Å². The minimum atomic E-state index is 0.0694. The van der Waals surface area contributed by atoms with Crippen LogP contribution < -0.4 is 0 Å². The Bertz CT molecular complexity index is 120. The lowest BCUT2D eigenvalue weighted by Gasteiger charge is -1.94. The molecule has 0 aliphatic rings. The third kappa shape index (κ3) is 3.54. The highest BCUT2D eigenvalue weighted by atomic mass is 14.7. The number of hydrogen-bond donors (Lipinski definition) is 0. The SMILES string of the molecule is [C-]#[N+]C(CC=C)CC=C. The van der Waals surface area contributed by atoms with Crippen LogP contribution in [0.5, 0.6) is 0 Å². The Kier molecular flexibility index (Phi) is 4.53. The van der Waals surface area contributed by atoms with Gasteiger partial charge in [0.1, 0.15) is 0 Å². The normalized spacial score (nSPS) is 8.44. The lowest BCUT2D eigenvalue weighted by atomic mass is 10.1. The van der Waals surface area contributed by atoms with Crippen LogP contribution in [0.2, 0.25) is 0 Å². The molecule has 9 heavy (non-hydrogen) atoms. The van der Waals surface area contributed by atoms with Crippen molar-refractivity contribution in [2.24, 2.45) is 0 Å². The van der Waals surface area contributed by atoms with Gasteiger partial charge in [-0.15, -0.1) is 13.2 Å². The van der Waals surface area contributed by atoms with Crippen molar-refractivity contribution in [1.82, 2.24) is 0 Å². The van der Waals surface area contributed by atoms with Crippen LogP contribution in [0.25, 0.3) is 4.85 Å². The van der Waals surface area contributed by atoms with E-state index in [2.05, 4.69) is 18.0 Å². The highest BCUT2D eigenvalue weighted by molar-refractivity contribution is 4.90. The van der Waals surface area contributed by atoms with Gasteiger partial charge in [-0.3, -0.25) is 0 Å². The molecule has 0 spiro atoms. The molecule has 0 radical (unpaired) electrons. The first-order valence-electron chi connectivity index (χ1n) is 2.93. The smallest absolute Gasteiger partial charge is 0.230 e. The van der Waals surface area contributed by atoms with E-state index in [0.717, 1.165) is 12.8 Å². The zero-order chi connectivity index (χ0) is 7.11. The molecule has 0 aromatic heterocycles. The van der Waals surface area contributed by atoms with Crippen LogP contribution in [0, 0.1) is 6.57 Å². The fraction of sp³-hybridized carbons (Fsp3) is 0.375. The Morgan fingerprint density at radius 2 is 1.78 bits per heavy atom. The van der Waals surface area contributed by atoms with Gasteiger partial charge in [-0.25, -0.2) is 6.57 Å². The number of hydrogen-bond acceptors (Lipinski definition) is 0. The fourth-order valence-corrected chi connectivity index (χ4v) is 0.586. The van der Waals surface area contributed by atoms with Gasteiger partial charge < -0.3 is 4.85 Å². The predicted octanol–water partition coefficient (Wildman–Crippen LogP) is 2.43. The molecule has 1 heteroatoms. The minimum Gasteiger partial charge on any atom is -0.313 e. The van der Waals surface area contributed by atoms with E-state index in [9.17, 15) is 0 Å². The first-order valence-corrected chi connectivity index (χ1v) is 2.93. The van der Waals surface area contributed by atoms with E-state index in [-0.39, 0.29) is 6.04 Å². The van der Waals surface area contributed by atoms with Crippen LogP contribution in [0.4, 0.5) is 0 Å². The Labute approximate surface area is 56.5 Å². The van der Waals surface area contributed by atoms with Gasteiger partial charge in [0.2, 0.25) is 6.04 Å². The highest BCUT2D eigenvalue weighted by Crippen LogP contribution is 2.03. The molecule has 0 bridgehead atoms. The van der Waals surface area contributed by atoms with Gasteiger partial charge in [-0.1, -0.05) is 12.2 Å². The molecular formula is C8H11N. The van der Waals surface area contributed by atoms with Crippen molar-refractivity contribution in [3.8, 4) is 0 Å². The van der Waals surface area contributed by atoms with Gasteiger partial charge in [-0.05, 0) is 0 Å². The maximum Gasteiger partial charge on any atom is 0.230 e. The summed E-state index contributed by atoms with van der Waals surface area (Å²) in [5, 5.41) is 0. The zero-order valence-electron chi connectivity index (χ0n) is 5.51. The summed E-state index contributed by atoms with van der Waals surface area (Å²) in [5.74, 6) is 0. The summed E-state index contributed by atoms with van der Waals surface area (Å²) in [5.41, 5.74) is 0. The fourth-order valence-electron chi connectivity index (χ4n) is 0.586. The monoisotopic (exact) mass is 121 g/mol. The molecule has 0 rings (SSSR count). The summed E-state index contributed by atoms with van der Waals surface area (Å²) in [4.78, 5) is 3.38. The van der Waals surface area contributed by atoms with Crippen LogP contribution >= 0.6 is 0 Å². The summed E-state index contributed by atoms with van der Waals surface area (Å²) in [7, 11) is 0. The first kappa shape index (κ1) is 7.97. The highest BCUT2D eigenvalue weighted by Gasteiger charge is 2.04. The van der Waals surface area contributed by atoms with Crippen molar-refractivity contribution in [2.45, 2.75) is 18.9 Å². The van der Waals surface area contributed by atoms with Crippen molar-refractivity contribution < 1.29 is 0 Å². The molecule has 0 atom stereocenters. The molecule has 48 valence electrons. The summed E-state index contributed by atoms with van der Waals surface area (Å²) < 4.78 is 0. The maximum atomic E-state index is 6.70. The molecule has 0 aliphatic heterocycles.